The number of benzene rings is 8. The quantitative estimate of drug-likeness (QED) is 0.148. The van der Waals surface area contributed by atoms with E-state index in [4.69, 9.17) is 19.4 Å². The van der Waals surface area contributed by atoms with Crippen molar-refractivity contribution >= 4 is 0 Å². The Hall–Kier alpha value is -8.95. The van der Waals surface area contributed by atoms with Gasteiger partial charge in [-0.2, -0.15) is 0 Å². The molecule has 0 amide bonds. The van der Waals surface area contributed by atoms with Gasteiger partial charge in [-0.05, 0) is 109 Å². The molecule has 0 saturated carbocycles. The number of rotatable bonds is 8. The number of aryl methyl sites for hydroxylation is 8. The summed E-state index contributed by atoms with van der Waals surface area (Å²) >= 11 is 0. The maximum atomic E-state index is 5.74. The Morgan fingerprint density at radius 1 is 0.278 bits per heavy atom. The molecular formula is C63H56N8O. The van der Waals surface area contributed by atoms with Crippen molar-refractivity contribution in [1.29, 1.82) is 0 Å². The van der Waals surface area contributed by atoms with Crippen LogP contribution in [0.25, 0.3) is 85.5 Å². The van der Waals surface area contributed by atoms with Crippen LogP contribution in [-0.2, 0) is 0 Å². The van der Waals surface area contributed by atoms with E-state index in [0.29, 0.717) is 29.3 Å². The Kier molecular flexibility index (Phi) is 14.5. The molecule has 3 heterocycles. The van der Waals surface area contributed by atoms with E-state index < -0.39 is 0 Å². The average molecular weight is 941 g/mol. The van der Waals surface area contributed by atoms with E-state index in [1.165, 1.54) is 44.5 Å². The Morgan fingerprint density at radius 2 is 0.583 bits per heavy atom. The number of aromatic nitrogens is 8. The molecular weight excluding hydrogens is 885 g/mol. The second-order valence-electron chi connectivity index (χ2n) is 18.3. The molecule has 9 nitrogen and oxygen atoms in total. The predicted molar refractivity (Wildman–Crippen MR) is 291 cm³/mol. The summed E-state index contributed by atoms with van der Waals surface area (Å²) in [6.07, 6.45) is 0. The lowest BCUT2D eigenvalue weighted by Crippen LogP contribution is -2.01. The average Bonchev–Trinajstić information content (AvgIpc) is 4.07. The van der Waals surface area contributed by atoms with Crippen LogP contribution in [0.4, 0.5) is 0 Å². The summed E-state index contributed by atoms with van der Waals surface area (Å²) in [6.45, 7) is 16.6. The zero-order chi connectivity index (χ0) is 50.1. The van der Waals surface area contributed by atoms with Gasteiger partial charge in [-0.15, -0.1) is 20.4 Å². The maximum absolute atomic E-state index is 5.74. The SMILES string of the molecule is Cc1ccc(-c2nc(-c3ccc(C)cc3)nc(-c3ccc(C)cc3)n2)cc1.Cc1cccc(-c2nnc(-c3cccc(C)c3)n2-c2cccc(C)c2)c1.Cc1cccc(-c2nnc(-c3cccc(C)c3)o2)c1. The predicted octanol–water partition coefficient (Wildman–Crippen LogP) is 15.3. The van der Waals surface area contributed by atoms with Gasteiger partial charge < -0.3 is 4.42 Å². The Labute approximate surface area is 422 Å². The topological polar surface area (TPSA) is 108 Å². The zero-order valence-corrected chi connectivity index (χ0v) is 42.0. The smallest absolute Gasteiger partial charge is 0.248 e. The van der Waals surface area contributed by atoms with Gasteiger partial charge in [0.25, 0.3) is 0 Å². The van der Waals surface area contributed by atoms with Crippen molar-refractivity contribution in [3.63, 3.8) is 0 Å². The van der Waals surface area contributed by atoms with Crippen molar-refractivity contribution in [3.8, 4) is 85.5 Å². The lowest BCUT2D eigenvalue weighted by atomic mass is 10.1. The van der Waals surface area contributed by atoms with E-state index in [0.717, 1.165) is 56.3 Å². The molecule has 9 heteroatoms. The van der Waals surface area contributed by atoms with Crippen molar-refractivity contribution in [2.24, 2.45) is 0 Å². The van der Waals surface area contributed by atoms with E-state index in [-0.39, 0.29) is 0 Å². The highest BCUT2D eigenvalue weighted by Gasteiger charge is 2.18. The van der Waals surface area contributed by atoms with E-state index in [1.807, 2.05) is 62.4 Å². The Bertz CT molecular complexity index is 3330. The van der Waals surface area contributed by atoms with Crippen LogP contribution in [0.5, 0.6) is 0 Å². The highest BCUT2D eigenvalue weighted by molar-refractivity contribution is 5.69. The second kappa shape index (κ2) is 21.8. The van der Waals surface area contributed by atoms with Crippen LogP contribution >= 0.6 is 0 Å². The van der Waals surface area contributed by atoms with Gasteiger partial charge in [-0.3, -0.25) is 4.57 Å². The van der Waals surface area contributed by atoms with Crippen LogP contribution in [0.2, 0.25) is 0 Å². The third-order valence-electron chi connectivity index (χ3n) is 12.0. The first-order chi connectivity index (χ1) is 34.9. The van der Waals surface area contributed by atoms with Crippen LogP contribution in [0.15, 0.2) is 199 Å². The Morgan fingerprint density at radius 3 is 0.917 bits per heavy atom. The highest BCUT2D eigenvalue weighted by Crippen LogP contribution is 2.31. The minimum absolute atomic E-state index is 0.556. The maximum Gasteiger partial charge on any atom is 0.248 e. The molecule has 72 heavy (non-hydrogen) atoms. The molecule has 0 fully saturated rings. The number of hydrogen-bond acceptors (Lipinski definition) is 8. The summed E-state index contributed by atoms with van der Waals surface area (Å²) in [6, 6.07) is 66.1. The fourth-order valence-electron chi connectivity index (χ4n) is 8.12. The van der Waals surface area contributed by atoms with E-state index >= 15 is 0 Å². The monoisotopic (exact) mass is 940 g/mol. The van der Waals surface area contributed by atoms with Gasteiger partial charge in [0.1, 0.15) is 0 Å². The van der Waals surface area contributed by atoms with Gasteiger partial charge in [0.2, 0.25) is 11.8 Å². The molecule has 0 aliphatic heterocycles. The molecule has 11 aromatic rings. The molecule has 0 aliphatic carbocycles. The first-order valence-electron chi connectivity index (χ1n) is 24.0. The highest BCUT2D eigenvalue weighted by atomic mass is 16.4. The third kappa shape index (κ3) is 11.7. The normalized spacial score (nSPS) is 10.8. The summed E-state index contributed by atoms with van der Waals surface area (Å²) in [5, 5.41) is 17.3. The Balaban J connectivity index is 0.000000135. The summed E-state index contributed by atoms with van der Waals surface area (Å²) in [4.78, 5) is 14.3. The van der Waals surface area contributed by atoms with Gasteiger partial charge in [-0.25, -0.2) is 15.0 Å². The molecule has 0 atom stereocenters. The van der Waals surface area contributed by atoms with Crippen molar-refractivity contribution in [2.45, 2.75) is 55.4 Å². The summed E-state index contributed by atoms with van der Waals surface area (Å²) in [5.41, 5.74) is 17.7. The van der Waals surface area contributed by atoms with Crippen molar-refractivity contribution in [1.82, 2.24) is 39.9 Å². The molecule has 0 N–H and O–H groups in total. The van der Waals surface area contributed by atoms with E-state index in [1.54, 1.807) is 0 Å². The number of hydrogen-bond donors (Lipinski definition) is 0. The van der Waals surface area contributed by atoms with Crippen LogP contribution < -0.4 is 0 Å². The molecule has 0 radical (unpaired) electrons. The van der Waals surface area contributed by atoms with E-state index in [2.05, 4.69) is 212 Å². The van der Waals surface area contributed by atoms with Crippen molar-refractivity contribution < 1.29 is 4.42 Å². The molecule has 354 valence electrons. The minimum Gasteiger partial charge on any atom is -0.416 e. The first-order valence-corrected chi connectivity index (χ1v) is 24.0. The van der Waals surface area contributed by atoms with Gasteiger partial charge in [0.05, 0.1) is 0 Å². The standard InChI is InChI=1S/C24H21N3.C23H21N3.C16H14N2O/c1-16-4-10-19(11-5-16)22-25-23(20-12-6-17(2)7-13-20)27-24(26-22)21-14-8-18(3)9-15-21;1-16-7-4-10-19(13-16)22-24-25-23(20-11-5-8-17(2)14-20)26(22)21-12-6-9-18(3)15-21;1-11-5-3-7-13(9-11)15-17-18-16(19-15)14-8-4-6-12(2)10-14/h4-15H,1-3H3;4-15H,1-3H3;3-10H,1-2H3. The van der Waals surface area contributed by atoms with Gasteiger partial charge in [-0.1, -0.05) is 185 Å². The van der Waals surface area contributed by atoms with Crippen LogP contribution in [0.1, 0.15) is 44.5 Å². The fraction of sp³-hybridized carbons (Fsp3) is 0.127. The van der Waals surface area contributed by atoms with Gasteiger partial charge in [0, 0.05) is 44.6 Å². The van der Waals surface area contributed by atoms with Crippen molar-refractivity contribution in [2.75, 3.05) is 0 Å². The van der Waals surface area contributed by atoms with E-state index in [9.17, 15) is 0 Å². The molecule has 0 unspecified atom stereocenters. The van der Waals surface area contributed by atoms with Gasteiger partial charge in [0.15, 0.2) is 29.1 Å². The molecule has 0 spiro atoms. The van der Waals surface area contributed by atoms with Crippen molar-refractivity contribution in [3.05, 3.63) is 239 Å². The molecule has 11 rings (SSSR count). The summed E-state index contributed by atoms with van der Waals surface area (Å²) < 4.78 is 7.89. The van der Waals surface area contributed by atoms with Crippen LogP contribution in [0, 0.1) is 55.4 Å². The fourth-order valence-corrected chi connectivity index (χ4v) is 8.12. The van der Waals surface area contributed by atoms with Crippen LogP contribution in [0.3, 0.4) is 0 Å². The third-order valence-corrected chi connectivity index (χ3v) is 12.0. The van der Waals surface area contributed by atoms with Gasteiger partial charge >= 0.3 is 0 Å². The number of nitrogens with zero attached hydrogens (tertiary/aromatic N) is 8. The lowest BCUT2D eigenvalue weighted by Gasteiger charge is -2.12. The molecule has 8 aromatic carbocycles. The van der Waals surface area contributed by atoms with Crippen LogP contribution in [-0.4, -0.2) is 39.9 Å². The summed E-state index contributed by atoms with van der Waals surface area (Å²) in [7, 11) is 0. The molecule has 0 saturated heterocycles. The largest absolute Gasteiger partial charge is 0.416 e. The molecule has 0 aliphatic rings. The molecule has 0 bridgehead atoms. The lowest BCUT2D eigenvalue weighted by molar-refractivity contribution is 0.584. The second-order valence-corrected chi connectivity index (χ2v) is 18.3. The summed E-state index contributed by atoms with van der Waals surface area (Å²) in [5.74, 6) is 4.90. The molecule has 3 aromatic heterocycles. The zero-order valence-electron chi connectivity index (χ0n) is 42.0. The first kappa shape index (κ1) is 48.1. The minimum atomic E-state index is 0.556.